The Bertz CT molecular complexity index is 1110. The third-order valence-electron chi connectivity index (χ3n) is 5.11. The molecule has 0 aliphatic carbocycles. The van der Waals surface area contributed by atoms with Crippen LogP contribution in [0, 0.1) is 6.92 Å². The van der Waals surface area contributed by atoms with E-state index in [4.69, 9.17) is 37.4 Å². The fourth-order valence-corrected chi connectivity index (χ4v) is 3.92. The van der Waals surface area contributed by atoms with Gasteiger partial charge in [0.05, 0.1) is 45.2 Å². The second kappa shape index (κ2) is 10.1. The average molecular weight is 478 g/mol. The summed E-state index contributed by atoms with van der Waals surface area (Å²) in [7, 11) is 4.62. The van der Waals surface area contributed by atoms with Crippen LogP contribution in [-0.2, 0) is 6.54 Å². The molecule has 0 aliphatic rings. The van der Waals surface area contributed by atoms with Gasteiger partial charge in [-0.3, -0.25) is 4.79 Å². The van der Waals surface area contributed by atoms with Crippen LogP contribution >= 0.6 is 23.2 Å². The van der Waals surface area contributed by atoms with E-state index < -0.39 is 0 Å². The standard InChI is InChI=1S/C23H25Cl2N3O4/c1-13(16-10-18(30-3)21(32-5)19(11-16)31-4)26-23(29)20-14(2)27-28(22(20)25)12-15-8-6-7-9-17(15)24/h6-11,13H,12H2,1-5H3,(H,26,29). The molecule has 0 spiro atoms. The summed E-state index contributed by atoms with van der Waals surface area (Å²) in [6.07, 6.45) is 0. The van der Waals surface area contributed by atoms with Crippen molar-refractivity contribution in [2.45, 2.75) is 26.4 Å². The van der Waals surface area contributed by atoms with Gasteiger partial charge in [0.1, 0.15) is 5.15 Å². The van der Waals surface area contributed by atoms with Crippen molar-refractivity contribution in [3.8, 4) is 17.2 Å². The summed E-state index contributed by atoms with van der Waals surface area (Å²) in [4.78, 5) is 13.1. The number of hydrogen-bond acceptors (Lipinski definition) is 5. The van der Waals surface area contributed by atoms with Crippen LogP contribution < -0.4 is 19.5 Å². The molecule has 32 heavy (non-hydrogen) atoms. The van der Waals surface area contributed by atoms with Gasteiger partial charge in [-0.2, -0.15) is 5.10 Å². The Morgan fingerprint density at radius 1 is 1.09 bits per heavy atom. The summed E-state index contributed by atoms with van der Waals surface area (Å²) >= 11 is 12.8. The number of methoxy groups -OCH3 is 3. The van der Waals surface area contributed by atoms with Crippen molar-refractivity contribution >= 4 is 29.1 Å². The second-order valence-corrected chi connectivity index (χ2v) is 7.92. The minimum Gasteiger partial charge on any atom is -0.493 e. The zero-order valence-electron chi connectivity index (χ0n) is 18.5. The second-order valence-electron chi connectivity index (χ2n) is 7.15. The number of aromatic nitrogens is 2. The van der Waals surface area contributed by atoms with E-state index in [1.807, 2.05) is 25.1 Å². The number of ether oxygens (including phenoxy) is 3. The van der Waals surface area contributed by atoms with Crippen molar-refractivity contribution in [1.29, 1.82) is 0 Å². The lowest BCUT2D eigenvalue weighted by atomic mass is 10.1. The molecule has 0 bridgehead atoms. The van der Waals surface area contributed by atoms with Gasteiger partial charge in [0.25, 0.3) is 5.91 Å². The highest BCUT2D eigenvalue weighted by Gasteiger charge is 2.24. The van der Waals surface area contributed by atoms with Crippen LogP contribution in [0.5, 0.6) is 17.2 Å². The summed E-state index contributed by atoms with van der Waals surface area (Å²) in [6.45, 7) is 3.96. The topological polar surface area (TPSA) is 74.6 Å². The van der Waals surface area contributed by atoms with Crippen molar-refractivity contribution in [1.82, 2.24) is 15.1 Å². The van der Waals surface area contributed by atoms with Crippen molar-refractivity contribution < 1.29 is 19.0 Å². The first-order valence-electron chi connectivity index (χ1n) is 9.87. The van der Waals surface area contributed by atoms with Gasteiger partial charge < -0.3 is 19.5 Å². The number of carbonyl (C=O) groups is 1. The highest BCUT2D eigenvalue weighted by atomic mass is 35.5. The highest BCUT2D eigenvalue weighted by Crippen LogP contribution is 2.39. The van der Waals surface area contributed by atoms with Crippen LogP contribution in [0.3, 0.4) is 0 Å². The molecule has 0 saturated heterocycles. The van der Waals surface area contributed by atoms with Crippen LogP contribution in [0.4, 0.5) is 0 Å². The molecule has 7 nitrogen and oxygen atoms in total. The van der Waals surface area contributed by atoms with Crippen LogP contribution in [0.1, 0.15) is 40.1 Å². The van der Waals surface area contributed by atoms with E-state index in [1.54, 1.807) is 44.0 Å². The zero-order chi connectivity index (χ0) is 23.4. The average Bonchev–Trinajstić information content (AvgIpc) is 3.06. The summed E-state index contributed by atoms with van der Waals surface area (Å²) in [5.74, 6) is 1.16. The smallest absolute Gasteiger partial charge is 0.256 e. The molecule has 0 aliphatic heterocycles. The molecule has 3 aromatic rings. The fraction of sp³-hybridized carbons (Fsp3) is 0.304. The zero-order valence-corrected chi connectivity index (χ0v) is 20.0. The first-order valence-corrected chi connectivity index (χ1v) is 10.6. The Hall–Kier alpha value is -2.90. The Kier molecular flexibility index (Phi) is 7.53. The van der Waals surface area contributed by atoms with Crippen LogP contribution in [0.25, 0.3) is 0 Å². The number of halogens is 2. The van der Waals surface area contributed by atoms with Gasteiger partial charge in [-0.1, -0.05) is 41.4 Å². The first kappa shape index (κ1) is 23.8. The number of aryl methyl sites for hydroxylation is 1. The van der Waals surface area contributed by atoms with Crippen LogP contribution in [0.2, 0.25) is 10.2 Å². The molecule has 1 heterocycles. The Balaban J connectivity index is 1.85. The number of carbonyl (C=O) groups excluding carboxylic acids is 1. The number of benzene rings is 2. The van der Waals surface area contributed by atoms with Crippen LogP contribution in [0.15, 0.2) is 36.4 Å². The molecule has 0 radical (unpaired) electrons. The van der Waals surface area contributed by atoms with E-state index in [2.05, 4.69) is 10.4 Å². The predicted octanol–water partition coefficient (Wildman–Crippen LogP) is 5.06. The normalized spacial score (nSPS) is 11.7. The van der Waals surface area contributed by atoms with Crippen molar-refractivity contribution in [3.63, 3.8) is 0 Å². The largest absolute Gasteiger partial charge is 0.493 e. The number of hydrogen-bond donors (Lipinski definition) is 1. The van der Waals surface area contributed by atoms with Gasteiger partial charge in [0.15, 0.2) is 11.5 Å². The molecule has 170 valence electrons. The predicted molar refractivity (Wildman–Crippen MR) is 125 cm³/mol. The summed E-state index contributed by atoms with van der Waals surface area (Å²) < 4.78 is 17.7. The fourth-order valence-electron chi connectivity index (χ4n) is 3.41. The van der Waals surface area contributed by atoms with Crippen molar-refractivity contribution in [2.24, 2.45) is 0 Å². The molecular formula is C23H25Cl2N3O4. The molecule has 1 unspecified atom stereocenters. The minimum absolute atomic E-state index is 0.247. The number of rotatable bonds is 8. The minimum atomic E-state index is -0.362. The lowest BCUT2D eigenvalue weighted by molar-refractivity contribution is 0.0939. The summed E-state index contributed by atoms with van der Waals surface area (Å²) in [5.41, 5.74) is 2.48. The molecule has 2 aromatic carbocycles. The van der Waals surface area contributed by atoms with E-state index in [0.717, 1.165) is 11.1 Å². The maximum Gasteiger partial charge on any atom is 0.256 e. The van der Waals surface area contributed by atoms with Gasteiger partial charge in [0, 0.05) is 5.02 Å². The van der Waals surface area contributed by atoms with Gasteiger partial charge in [-0.05, 0) is 43.2 Å². The Morgan fingerprint density at radius 2 is 1.72 bits per heavy atom. The Morgan fingerprint density at radius 3 is 2.28 bits per heavy atom. The van der Waals surface area contributed by atoms with E-state index in [1.165, 1.54) is 7.11 Å². The third-order valence-corrected chi connectivity index (χ3v) is 5.86. The molecule has 1 amide bonds. The molecule has 1 aromatic heterocycles. The van der Waals surface area contributed by atoms with Crippen molar-refractivity contribution in [3.05, 3.63) is 69.0 Å². The number of nitrogens with one attached hydrogen (secondary N) is 1. The molecule has 0 fully saturated rings. The van der Waals surface area contributed by atoms with Crippen LogP contribution in [-0.4, -0.2) is 37.0 Å². The molecule has 0 saturated carbocycles. The van der Waals surface area contributed by atoms with Gasteiger partial charge in [0.2, 0.25) is 5.75 Å². The quantitative estimate of drug-likeness (QED) is 0.490. The van der Waals surface area contributed by atoms with Gasteiger partial charge >= 0.3 is 0 Å². The summed E-state index contributed by atoms with van der Waals surface area (Å²) in [5, 5.41) is 8.26. The third kappa shape index (κ3) is 4.79. The SMILES string of the molecule is COc1cc(C(C)NC(=O)c2c(C)nn(Cc3ccccc3Cl)c2Cl)cc(OC)c1OC. The number of amides is 1. The van der Waals surface area contributed by atoms with E-state index in [9.17, 15) is 4.79 Å². The lowest BCUT2D eigenvalue weighted by Gasteiger charge is -2.19. The van der Waals surface area contributed by atoms with E-state index >= 15 is 0 Å². The van der Waals surface area contributed by atoms with E-state index in [0.29, 0.717) is 40.1 Å². The Labute approximate surface area is 197 Å². The molecule has 1 N–H and O–H groups in total. The monoisotopic (exact) mass is 477 g/mol. The maximum absolute atomic E-state index is 13.1. The molecular weight excluding hydrogens is 453 g/mol. The summed E-state index contributed by atoms with van der Waals surface area (Å²) in [6, 6.07) is 10.7. The number of nitrogens with zero attached hydrogens (tertiary/aromatic N) is 2. The lowest BCUT2D eigenvalue weighted by Crippen LogP contribution is -2.27. The first-order chi connectivity index (χ1) is 15.3. The highest BCUT2D eigenvalue weighted by molar-refractivity contribution is 6.33. The molecule has 3 rings (SSSR count). The van der Waals surface area contributed by atoms with Gasteiger partial charge in [-0.25, -0.2) is 4.68 Å². The maximum atomic E-state index is 13.1. The van der Waals surface area contributed by atoms with Gasteiger partial charge in [-0.15, -0.1) is 0 Å². The molecule has 1 atom stereocenters. The van der Waals surface area contributed by atoms with E-state index in [-0.39, 0.29) is 17.1 Å². The molecule has 9 heteroatoms. The van der Waals surface area contributed by atoms with Crippen molar-refractivity contribution in [2.75, 3.05) is 21.3 Å².